The van der Waals surface area contributed by atoms with Gasteiger partial charge in [0.05, 0.1) is 17.3 Å². The maximum atomic E-state index is 10.4. The van der Waals surface area contributed by atoms with E-state index in [0.29, 0.717) is 12.5 Å². The number of ether oxygens (including phenoxy) is 1. The standard InChI is InChI=1S/C18H23NO2S/c20-18(10-14-4-2-1-3-5-14)15-6-8-17(9-7-15)21-11-16-12-22-13-19-16/h6-9,12-14,18,20H,1-5,10-11H2. The van der Waals surface area contributed by atoms with Gasteiger partial charge in [0.15, 0.2) is 0 Å². The number of aromatic nitrogens is 1. The van der Waals surface area contributed by atoms with E-state index in [4.69, 9.17) is 4.74 Å². The lowest BCUT2D eigenvalue weighted by atomic mass is 9.84. The van der Waals surface area contributed by atoms with Crippen LogP contribution in [0.1, 0.15) is 55.9 Å². The van der Waals surface area contributed by atoms with Crippen LogP contribution in [0.15, 0.2) is 35.2 Å². The van der Waals surface area contributed by atoms with Crippen molar-refractivity contribution in [1.82, 2.24) is 4.98 Å². The minimum atomic E-state index is -0.351. The van der Waals surface area contributed by atoms with Crippen molar-refractivity contribution in [2.45, 2.75) is 51.2 Å². The molecule has 1 fully saturated rings. The zero-order valence-corrected chi connectivity index (χ0v) is 13.6. The van der Waals surface area contributed by atoms with Crippen LogP contribution in [0.3, 0.4) is 0 Å². The molecule has 3 nitrogen and oxygen atoms in total. The fourth-order valence-corrected chi connectivity index (χ4v) is 3.67. The lowest BCUT2D eigenvalue weighted by Crippen LogP contribution is -2.11. The first-order chi connectivity index (χ1) is 10.8. The molecular formula is C18H23NO2S. The Labute approximate surface area is 136 Å². The van der Waals surface area contributed by atoms with E-state index < -0.39 is 0 Å². The highest BCUT2D eigenvalue weighted by Gasteiger charge is 2.18. The van der Waals surface area contributed by atoms with Crippen LogP contribution in [0.4, 0.5) is 0 Å². The summed E-state index contributed by atoms with van der Waals surface area (Å²) in [6, 6.07) is 7.82. The summed E-state index contributed by atoms with van der Waals surface area (Å²) >= 11 is 1.57. The summed E-state index contributed by atoms with van der Waals surface area (Å²) in [4.78, 5) is 4.20. The van der Waals surface area contributed by atoms with Gasteiger partial charge >= 0.3 is 0 Å². The van der Waals surface area contributed by atoms with Gasteiger partial charge in [-0.15, -0.1) is 11.3 Å². The number of rotatable bonds is 6. The van der Waals surface area contributed by atoms with Crippen LogP contribution < -0.4 is 4.74 Å². The van der Waals surface area contributed by atoms with Crippen LogP contribution in [0, 0.1) is 5.92 Å². The van der Waals surface area contributed by atoms with Gasteiger partial charge in [-0.25, -0.2) is 4.98 Å². The number of hydrogen-bond acceptors (Lipinski definition) is 4. The fraction of sp³-hybridized carbons (Fsp3) is 0.500. The molecule has 1 saturated carbocycles. The normalized spacial score (nSPS) is 17.3. The van der Waals surface area contributed by atoms with Crippen LogP contribution in [-0.4, -0.2) is 10.1 Å². The molecule has 4 heteroatoms. The van der Waals surface area contributed by atoms with Crippen LogP contribution in [0.2, 0.25) is 0 Å². The van der Waals surface area contributed by atoms with Crippen LogP contribution in [-0.2, 0) is 6.61 Å². The Morgan fingerprint density at radius 3 is 2.64 bits per heavy atom. The van der Waals surface area contributed by atoms with E-state index in [9.17, 15) is 5.11 Å². The minimum Gasteiger partial charge on any atom is -0.487 e. The average molecular weight is 317 g/mol. The van der Waals surface area contributed by atoms with Gasteiger partial charge in [-0.2, -0.15) is 0 Å². The second-order valence-corrected chi connectivity index (χ2v) is 6.81. The monoisotopic (exact) mass is 317 g/mol. The maximum absolute atomic E-state index is 10.4. The molecule has 0 amide bonds. The number of thiazole rings is 1. The number of aliphatic hydroxyl groups excluding tert-OH is 1. The third-order valence-electron chi connectivity index (χ3n) is 4.42. The predicted octanol–water partition coefficient (Wildman–Crippen LogP) is 4.73. The molecule has 0 spiro atoms. The van der Waals surface area contributed by atoms with E-state index >= 15 is 0 Å². The van der Waals surface area contributed by atoms with Gasteiger partial charge in [0.2, 0.25) is 0 Å². The molecule has 1 aromatic heterocycles. The fourth-order valence-electron chi connectivity index (χ4n) is 3.13. The highest BCUT2D eigenvalue weighted by Crippen LogP contribution is 2.32. The van der Waals surface area contributed by atoms with E-state index in [0.717, 1.165) is 23.4 Å². The second-order valence-electron chi connectivity index (χ2n) is 6.09. The quantitative estimate of drug-likeness (QED) is 0.838. The van der Waals surface area contributed by atoms with E-state index in [2.05, 4.69) is 4.98 Å². The number of aliphatic hydroxyl groups is 1. The largest absolute Gasteiger partial charge is 0.487 e. The Kier molecular flexibility index (Phi) is 5.46. The Bertz CT molecular complexity index is 547. The Balaban J connectivity index is 1.51. The summed E-state index contributed by atoms with van der Waals surface area (Å²) in [7, 11) is 0. The van der Waals surface area contributed by atoms with Crippen molar-refractivity contribution in [2.75, 3.05) is 0 Å². The van der Waals surface area contributed by atoms with Crippen molar-refractivity contribution in [3.05, 3.63) is 46.4 Å². The average Bonchev–Trinajstić information content (AvgIpc) is 3.08. The minimum absolute atomic E-state index is 0.351. The molecule has 0 aliphatic heterocycles. The first-order valence-corrected chi connectivity index (χ1v) is 9.03. The first kappa shape index (κ1) is 15.5. The number of nitrogens with zero attached hydrogens (tertiary/aromatic N) is 1. The topological polar surface area (TPSA) is 42.4 Å². The van der Waals surface area contributed by atoms with E-state index in [1.165, 1.54) is 32.1 Å². The summed E-state index contributed by atoms with van der Waals surface area (Å²) in [5.41, 5.74) is 3.75. The molecule has 22 heavy (non-hydrogen) atoms. The molecule has 1 unspecified atom stereocenters. The summed E-state index contributed by atoms with van der Waals surface area (Å²) in [5, 5.41) is 12.4. The van der Waals surface area contributed by atoms with Crippen LogP contribution in [0.5, 0.6) is 5.75 Å². The van der Waals surface area contributed by atoms with Gasteiger partial charge in [0, 0.05) is 5.38 Å². The van der Waals surface area contributed by atoms with Crippen molar-refractivity contribution in [2.24, 2.45) is 5.92 Å². The van der Waals surface area contributed by atoms with E-state index in [1.807, 2.05) is 35.2 Å². The molecule has 2 aromatic rings. The van der Waals surface area contributed by atoms with Crippen molar-refractivity contribution >= 4 is 11.3 Å². The molecule has 1 heterocycles. The van der Waals surface area contributed by atoms with Gasteiger partial charge in [-0.3, -0.25) is 0 Å². The molecule has 3 rings (SSSR count). The van der Waals surface area contributed by atoms with E-state index in [-0.39, 0.29) is 6.10 Å². The second kappa shape index (κ2) is 7.75. The SMILES string of the molecule is OC(CC1CCCCC1)c1ccc(OCc2cscn2)cc1. The molecule has 1 aliphatic rings. The Morgan fingerprint density at radius 1 is 1.18 bits per heavy atom. The summed E-state index contributed by atoms with van der Waals surface area (Å²) < 4.78 is 5.70. The smallest absolute Gasteiger partial charge is 0.131 e. The lowest BCUT2D eigenvalue weighted by molar-refractivity contribution is 0.131. The van der Waals surface area contributed by atoms with Crippen molar-refractivity contribution in [1.29, 1.82) is 0 Å². The van der Waals surface area contributed by atoms with Crippen LogP contribution in [0.25, 0.3) is 0 Å². The highest BCUT2D eigenvalue weighted by molar-refractivity contribution is 7.07. The third-order valence-corrected chi connectivity index (χ3v) is 5.05. The Hall–Kier alpha value is -1.39. The third kappa shape index (κ3) is 4.31. The molecule has 118 valence electrons. The molecule has 1 aliphatic carbocycles. The predicted molar refractivity (Wildman–Crippen MR) is 89.0 cm³/mol. The number of benzene rings is 1. The Morgan fingerprint density at radius 2 is 1.95 bits per heavy atom. The zero-order chi connectivity index (χ0) is 15.2. The van der Waals surface area contributed by atoms with Crippen molar-refractivity contribution in [3.8, 4) is 5.75 Å². The molecule has 1 aromatic carbocycles. The summed E-state index contributed by atoms with van der Waals surface area (Å²) in [5.74, 6) is 1.51. The number of hydrogen-bond donors (Lipinski definition) is 1. The first-order valence-electron chi connectivity index (χ1n) is 8.09. The zero-order valence-electron chi connectivity index (χ0n) is 12.8. The molecule has 0 saturated heterocycles. The molecular weight excluding hydrogens is 294 g/mol. The molecule has 0 bridgehead atoms. The highest BCUT2D eigenvalue weighted by atomic mass is 32.1. The van der Waals surface area contributed by atoms with Gasteiger partial charge in [0.1, 0.15) is 12.4 Å². The molecule has 1 N–H and O–H groups in total. The van der Waals surface area contributed by atoms with Crippen LogP contribution >= 0.6 is 11.3 Å². The molecule has 0 radical (unpaired) electrons. The van der Waals surface area contributed by atoms with Gasteiger partial charge in [0.25, 0.3) is 0 Å². The molecule has 1 atom stereocenters. The van der Waals surface area contributed by atoms with E-state index in [1.54, 1.807) is 11.3 Å². The lowest BCUT2D eigenvalue weighted by Gasteiger charge is -2.24. The summed E-state index contributed by atoms with van der Waals surface area (Å²) in [6.07, 6.45) is 7.08. The van der Waals surface area contributed by atoms with Gasteiger partial charge in [-0.1, -0.05) is 44.2 Å². The van der Waals surface area contributed by atoms with Gasteiger partial charge < -0.3 is 9.84 Å². The summed E-state index contributed by atoms with van der Waals surface area (Å²) in [6.45, 7) is 0.494. The van der Waals surface area contributed by atoms with Crippen molar-refractivity contribution < 1.29 is 9.84 Å². The van der Waals surface area contributed by atoms with Crippen molar-refractivity contribution in [3.63, 3.8) is 0 Å². The van der Waals surface area contributed by atoms with Gasteiger partial charge in [-0.05, 0) is 30.0 Å². The maximum Gasteiger partial charge on any atom is 0.131 e.